The SMILES string of the molecule is Cn1cncc1[C@@H]1NC(=O)CC[C@H]1NCc1cn2cc(Cl)ccc2n1. The molecule has 2 N–H and O–H groups in total. The molecule has 2 atom stereocenters. The number of nitrogens with zero attached hydrogens (tertiary/aromatic N) is 4. The van der Waals surface area contributed by atoms with Crippen LogP contribution in [-0.2, 0) is 18.4 Å². The highest BCUT2D eigenvalue weighted by atomic mass is 35.5. The van der Waals surface area contributed by atoms with E-state index in [9.17, 15) is 4.79 Å². The molecule has 1 saturated heterocycles. The summed E-state index contributed by atoms with van der Waals surface area (Å²) in [5.41, 5.74) is 2.79. The molecule has 1 amide bonds. The van der Waals surface area contributed by atoms with Crippen molar-refractivity contribution in [2.24, 2.45) is 7.05 Å². The van der Waals surface area contributed by atoms with Gasteiger partial charge in [0.2, 0.25) is 5.91 Å². The van der Waals surface area contributed by atoms with E-state index >= 15 is 0 Å². The first-order valence-electron chi connectivity index (χ1n) is 8.22. The van der Waals surface area contributed by atoms with Gasteiger partial charge >= 0.3 is 0 Å². The maximum absolute atomic E-state index is 11.9. The number of imidazole rings is 2. The first-order chi connectivity index (χ1) is 12.1. The van der Waals surface area contributed by atoms with Gasteiger partial charge in [0.1, 0.15) is 5.65 Å². The van der Waals surface area contributed by atoms with Crippen molar-refractivity contribution in [3.8, 4) is 0 Å². The Kier molecular flexibility index (Phi) is 4.19. The van der Waals surface area contributed by atoms with Crippen LogP contribution in [0.3, 0.4) is 0 Å². The van der Waals surface area contributed by atoms with Crippen LogP contribution in [-0.4, -0.2) is 30.9 Å². The van der Waals surface area contributed by atoms with Gasteiger partial charge in [0.15, 0.2) is 0 Å². The molecule has 8 heteroatoms. The summed E-state index contributed by atoms with van der Waals surface area (Å²) in [6, 6.07) is 3.75. The van der Waals surface area contributed by atoms with Crippen molar-refractivity contribution in [3.05, 3.63) is 53.5 Å². The Morgan fingerprint density at radius 3 is 3.08 bits per heavy atom. The average Bonchev–Trinajstić information content (AvgIpc) is 3.18. The second kappa shape index (κ2) is 6.50. The summed E-state index contributed by atoms with van der Waals surface area (Å²) in [7, 11) is 1.94. The lowest BCUT2D eigenvalue weighted by molar-refractivity contribution is -0.124. The number of hydrogen-bond donors (Lipinski definition) is 2. The highest BCUT2D eigenvalue weighted by Gasteiger charge is 2.31. The minimum atomic E-state index is -0.0970. The van der Waals surface area contributed by atoms with Crippen LogP contribution in [0.4, 0.5) is 0 Å². The molecule has 0 aliphatic carbocycles. The van der Waals surface area contributed by atoms with E-state index in [-0.39, 0.29) is 18.0 Å². The fraction of sp³-hybridized carbons (Fsp3) is 0.353. The minimum absolute atomic E-state index is 0.0756. The van der Waals surface area contributed by atoms with Crippen molar-refractivity contribution < 1.29 is 4.79 Å². The summed E-state index contributed by atoms with van der Waals surface area (Å²) in [6.45, 7) is 0.619. The smallest absolute Gasteiger partial charge is 0.220 e. The van der Waals surface area contributed by atoms with Crippen LogP contribution in [0.15, 0.2) is 37.1 Å². The van der Waals surface area contributed by atoms with Gasteiger partial charge in [-0.05, 0) is 18.6 Å². The highest BCUT2D eigenvalue weighted by molar-refractivity contribution is 6.30. The molecule has 1 fully saturated rings. The van der Waals surface area contributed by atoms with Crippen LogP contribution in [0.5, 0.6) is 0 Å². The minimum Gasteiger partial charge on any atom is -0.346 e. The number of fused-ring (bicyclic) bond motifs is 1. The van der Waals surface area contributed by atoms with Crippen molar-refractivity contribution >= 4 is 23.2 Å². The first kappa shape index (κ1) is 16.1. The predicted molar refractivity (Wildman–Crippen MR) is 94.2 cm³/mol. The van der Waals surface area contributed by atoms with Gasteiger partial charge in [-0.25, -0.2) is 9.97 Å². The van der Waals surface area contributed by atoms with Gasteiger partial charge < -0.3 is 19.6 Å². The summed E-state index contributed by atoms with van der Waals surface area (Å²) in [5, 5.41) is 7.29. The van der Waals surface area contributed by atoms with E-state index in [0.717, 1.165) is 23.5 Å². The number of carbonyl (C=O) groups is 1. The monoisotopic (exact) mass is 358 g/mol. The standard InChI is InChI=1S/C17H19ClN6O/c1-23-10-19-7-14(23)17-13(3-5-16(25)22-17)20-6-12-9-24-8-11(18)2-4-15(24)21-12/h2,4,7-10,13,17,20H,3,5-6H2,1H3,(H,22,25)/t13-,17-/m1/s1. The number of aryl methyl sites for hydroxylation is 1. The van der Waals surface area contributed by atoms with Crippen LogP contribution in [0, 0.1) is 0 Å². The largest absolute Gasteiger partial charge is 0.346 e. The third kappa shape index (κ3) is 3.25. The summed E-state index contributed by atoms with van der Waals surface area (Å²) in [4.78, 5) is 20.6. The Hall–Kier alpha value is -2.38. The molecular formula is C17H19ClN6O. The summed E-state index contributed by atoms with van der Waals surface area (Å²) in [5.74, 6) is 0.0756. The lowest BCUT2D eigenvalue weighted by Crippen LogP contribution is -2.48. The van der Waals surface area contributed by atoms with Crippen LogP contribution in [0.1, 0.15) is 30.3 Å². The fourth-order valence-corrected chi connectivity index (χ4v) is 3.47. The molecule has 130 valence electrons. The molecule has 1 aliphatic heterocycles. The van der Waals surface area contributed by atoms with Crippen molar-refractivity contribution in [1.29, 1.82) is 0 Å². The van der Waals surface area contributed by atoms with Gasteiger partial charge in [0, 0.05) is 38.4 Å². The number of carbonyl (C=O) groups excluding carboxylic acids is 1. The van der Waals surface area contributed by atoms with Crippen LogP contribution in [0.25, 0.3) is 5.65 Å². The molecule has 0 bridgehead atoms. The zero-order valence-electron chi connectivity index (χ0n) is 13.8. The molecule has 4 heterocycles. The molecule has 25 heavy (non-hydrogen) atoms. The van der Waals surface area contributed by atoms with Gasteiger partial charge in [-0.1, -0.05) is 11.6 Å². The summed E-state index contributed by atoms with van der Waals surface area (Å²) >= 11 is 6.02. The molecule has 3 aromatic heterocycles. The second-order valence-corrected chi connectivity index (χ2v) is 6.78. The maximum atomic E-state index is 11.9. The van der Waals surface area contributed by atoms with Gasteiger partial charge in [0.25, 0.3) is 0 Å². The number of pyridine rings is 1. The Morgan fingerprint density at radius 1 is 1.40 bits per heavy atom. The van der Waals surface area contributed by atoms with E-state index in [1.165, 1.54) is 0 Å². The fourth-order valence-electron chi connectivity index (χ4n) is 3.30. The third-order valence-corrected chi connectivity index (χ3v) is 4.81. The summed E-state index contributed by atoms with van der Waals surface area (Å²) in [6.07, 6.45) is 8.66. The van der Waals surface area contributed by atoms with Crippen LogP contribution >= 0.6 is 11.6 Å². The van der Waals surface area contributed by atoms with Gasteiger partial charge in [0.05, 0.1) is 35.0 Å². The van der Waals surface area contributed by atoms with E-state index in [1.807, 2.05) is 40.5 Å². The lowest BCUT2D eigenvalue weighted by Gasteiger charge is -2.33. The van der Waals surface area contributed by atoms with E-state index < -0.39 is 0 Å². The number of hydrogen-bond acceptors (Lipinski definition) is 4. The zero-order chi connectivity index (χ0) is 17.4. The molecule has 0 aromatic carbocycles. The number of piperidine rings is 1. The Bertz CT molecular complexity index is 917. The first-order valence-corrected chi connectivity index (χ1v) is 8.60. The van der Waals surface area contributed by atoms with E-state index in [1.54, 1.807) is 12.5 Å². The molecule has 7 nitrogen and oxygen atoms in total. The molecule has 0 unspecified atom stereocenters. The Morgan fingerprint density at radius 2 is 2.28 bits per heavy atom. The van der Waals surface area contributed by atoms with Gasteiger partial charge in [-0.15, -0.1) is 0 Å². The van der Waals surface area contributed by atoms with E-state index in [4.69, 9.17) is 11.6 Å². The molecule has 4 rings (SSSR count). The normalized spacial score (nSPS) is 20.8. The topological polar surface area (TPSA) is 76.2 Å². The van der Waals surface area contributed by atoms with Crippen LogP contribution in [0.2, 0.25) is 5.02 Å². The molecular weight excluding hydrogens is 340 g/mol. The van der Waals surface area contributed by atoms with Crippen molar-refractivity contribution in [2.75, 3.05) is 0 Å². The maximum Gasteiger partial charge on any atom is 0.220 e. The molecule has 1 aliphatic rings. The van der Waals surface area contributed by atoms with Crippen molar-refractivity contribution in [3.63, 3.8) is 0 Å². The Balaban J connectivity index is 1.51. The second-order valence-electron chi connectivity index (χ2n) is 6.35. The number of halogens is 1. The van der Waals surface area contributed by atoms with Gasteiger partial charge in [-0.2, -0.15) is 0 Å². The quantitative estimate of drug-likeness (QED) is 0.746. The molecule has 0 saturated carbocycles. The zero-order valence-corrected chi connectivity index (χ0v) is 14.6. The van der Waals surface area contributed by atoms with E-state index in [2.05, 4.69) is 20.6 Å². The van der Waals surface area contributed by atoms with Gasteiger partial charge in [-0.3, -0.25) is 4.79 Å². The average molecular weight is 359 g/mol. The van der Waals surface area contributed by atoms with E-state index in [0.29, 0.717) is 18.0 Å². The number of amides is 1. The highest BCUT2D eigenvalue weighted by Crippen LogP contribution is 2.24. The predicted octanol–water partition coefficient (Wildman–Crippen LogP) is 1.83. The lowest BCUT2D eigenvalue weighted by atomic mass is 9.95. The number of nitrogens with one attached hydrogen (secondary N) is 2. The van der Waals surface area contributed by atoms with Crippen LogP contribution < -0.4 is 10.6 Å². The molecule has 0 spiro atoms. The number of rotatable bonds is 4. The molecule has 3 aromatic rings. The third-order valence-electron chi connectivity index (χ3n) is 4.58. The van der Waals surface area contributed by atoms with Crippen molar-refractivity contribution in [1.82, 2.24) is 29.6 Å². The van der Waals surface area contributed by atoms with Crippen molar-refractivity contribution in [2.45, 2.75) is 31.5 Å². The number of aromatic nitrogens is 4. The Labute approximate surface area is 150 Å². The summed E-state index contributed by atoms with van der Waals surface area (Å²) < 4.78 is 3.86. The molecule has 0 radical (unpaired) electrons.